The fraction of sp³-hybridized carbons (Fsp3) is 0.0714. The Morgan fingerprint density at radius 3 is 2.53 bits per heavy atom. The molecule has 1 nitrogen and oxygen atoms in total. The average molecular weight is 346 g/mol. The van der Waals surface area contributed by atoms with Gasteiger partial charge in [-0.25, -0.2) is 8.78 Å². The van der Waals surface area contributed by atoms with Gasteiger partial charge in [-0.3, -0.25) is 4.79 Å². The normalized spacial score (nSPS) is 10.6. The summed E-state index contributed by atoms with van der Waals surface area (Å²) in [4.78, 5) is 12.2. The van der Waals surface area contributed by atoms with E-state index in [0.717, 1.165) is 12.1 Å². The van der Waals surface area contributed by atoms with E-state index in [1.54, 1.807) is 19.1 Å². The van der Waals surface area contributed by atoms with Gasteiger partial charge in [0.1, 0.15) is 11.6 Å². The van der Waals surface area contributed by atoms with Crippen LogP contribution in [0, 0.1) is 18.6 Å². The fourth-order valence-electron chi connectivity index (χ4n) is 1.70. The lowest BCUT2D eigenvalue weighted by Gasteiger charge is -2.08. The zero-order chi connectivity index (χ0) is 14.2. The summed E-state index contributed by atoms with van der Waals surface area (Å²) in [5, 5.41) is 0.406. The molecule has 0 aliphatic carbocycles. The molecule has 0 atom stereocenters. The van der Waals surface area contributed by atoms with Crippen molar-refractivity contribution >= 4 is 33.3 Å². The maximum Gasteiger partial charge on any atom is 0.196 e. The van der Waals surface area contributed by atoms with Crippen LogP contribution in [0.3, 0.4) is 0 Å². The van der Waals surface area contributed by atoms with Gasteiger partial charge in [0, 0.05) is 10.6 Å². The van der Waals surface area contributed by atoms with E-state index >= 15 is 0 Å². The topological polar surface area (TPSA) is 17.1 Å². The number of ketones is 1. The van der Waals surface area contributed by atoms with Crippen LogP contribution in [0.25, 0.3) is 0 Å². The molecule has 0 spiro atoms. The molecule has 2 aromatic carbocycles. The van der Waals surface area contributed by atoms with E-state index in [4.69, 9.17) is 11.6 Å². The number of hydrogen-bond donors (Lipinski definition) is 0. The summed E-state index contributed by atoms with van der Waals surface area (Å²) in [6.07, 6.45) is 0. The molecule has 19 heavy (non-hydrogen) atoms. The van der Waals surface area contributed by atoms with E-state index in [0.29, 0.717) is 10.6 Å². The molecule has 2 rings (SSSR count). The van der Waals surface area contributed by atoms with Crippen LogP contribution in [0.2, 0.25) is 5.02 Å². The first kappa shape index (κ1) is 14.2. The van der Waals surface area contributed by atoms with Gasteiger partial charge in [-0.1, -0.05) is 23.7 Å². The third-order valence-corrected chi connectivity index (χ3v) is 3.78. The minimum Gasteiger partial charge on any atom is -0.288 e. The quantitative estimate of drug-likeness (QED) is 0.558. The summed E-state index contributed by atoms with van der Waals surface area (Å²) < 4.78 is 27.1. The van der Waals surface area contributed by atoms with Crippen molar-refractivity contribution < 1.29 is 13.6 Å². The number of halogens is 4. The Morgan fingerprint density at radius 1 is 1.16 bits per heavy atom. The summed E-state index contributed by atoms with van der Waals surface area (Å²) in [5.41, 5.74) is 0.482. The van der Waals surface area contributed by atoms with Crippen molar-refractivity contribution in [3.63, 3.8) is 0 Å². The van der Waals surface area contributed by atoms with E-state index in [-0.39, 0.29) is 15.6 Å². The Morgan fingerprint density at radius 2 is 1.84 bits per heavy atom. The second kappa shape index (κ2) is 5.39. The predicted octanol–water partition coefficient (Wildman–Crippen LogP) is 4.92. The minimum atomic E-state index is -0.780. The molecule has 0 N–H and O–H groups in total. The SMILES string of the molecule is Cc1c(Cl)cccc1C(=O)c1cc(F)c(Br)cc1F. The zero-order valence-electron chi connectivity index (χ0n) is 9.81. The number of hydrogen-bond acceptors (Lipinski definition) is 1. The summed E-state index contributed by atoms with van der Waals surface area (Å²) >= 11 is 8.78. The van der Waals surface area contributed by atoms with Crippen molar-refractivity contribution in [3.05, 3.63) is 68.2 Å². The predicted molar refractivity (Wildman–Crippen MR) is 73.7 cm³/mol. The summed E-state index contributed by atoms with van der Waals surface area (Å²) in [6, 6.07) is 6.56. The zero-order valence-corrected chi connectivity index (χ0v) is 12.1. The number of rotatable bonds is 2. The Labute approximate surface area is 122 Å². The number of carbonyl (C=O) groups is 1. The van der Waals surface area contributed by atoms with Crippen molar-refractivity contribution in [1.82, 2.24) is 0 Å². The molecule has 98 valence electrons. The van der Waals surface area contributed by atoms with Gasteiger partial charge >= 0.3 is 0 Å². The molecule has 0 fully saturated rings. The summed E-state index contributed by atoms with van der Waals surface area (Å²) in [5.74, 6) is -2.06. The van der Waals surface area contributed by atoms with E-state index in [2.05, 4.69) is 15.9 Å². The smallest absolute Gasteiger partial charge is 0.196 e. The van der Waals surface area contributed by atoms with Crippen LogP contribution < -0.4 is 0 Å². The maximum atomic E-state index is 13.7. The van der Waals surface area contributed by atoms with Crippen molar-refractivity contribution in [2.45, 2.75) is 6.92 Å². The van der Waals surface area contributed by atoms with Crippen LogP contribution in [0.1, 0.15) is 21.5 Å². The van der Waals surface area contributed by atoms with Crippen molar-refractivity contribution in [1.29, 1.82) is 0 Å². The number of benzene rings is 2. The molecule has 5 heteroatoms. The molecule has 2 aromatic rings. The Balaban J connectivity index is 2.56. The third-order valence-electron chi connectivity index (χ3n) is 2.77. The Kier molecular flexibility index (Phi) is 4.02. The van der Waals surface area contributed by atoms with Crippen molar-refractivity contribution in [2.75, 3.05) is 0 Å². The lowest BCUT2D eigenvalue weighted by atomic mass is 9.98. The van der Waals surface area contributed by atoms with Gasteiger partial charge in [-0.2, -0.15) is 0 Å². The largest absolute Gasteiger partial charge is 0.288 e. The van der Waals surface area contributed by atoms with Crippen LogP contribution in [0.4, 0.5) is 8.78 Å². The van der Waals surface area contributed by atoms with E-state index in [1.165, 1.54) is 6.07 Å². The maximum absolute atomic E-state index is 13.7. The highest BCUT2D eigenvalue weighted by molar-refractivity contribution is 9.10. The first-order chi connectivity index (χ1) is 8.91. The molecule has 0 saturated heterocycles. The Bertz CT molecular complexity index is 671. The van der Waals surface area contributed by atoms with Crippen molar-refractivity contribution in [3.8, 4) is 0 Å². The monoisotopic (exact) mass is 344 g/mol. The molecule has 0 aliphatic rings. The van der Waals surface area contributed by atoms with Crippen LogP contribution in [-0.4, -0.2) is 5.78 Å². The highest BCUT2D eigenvalue weighted by atomic mass is 79.9. The van der Waals surface area contributed by atoms with Gasteiger partial charge in [0.15, 0.2) is 5.78 Å². The molecule has 0 saturated carbocycles. The van der Waals surface area contributed by atoms with E-state index in [1.807, 2.05) is 0 Å². The summed E-state index contributed by atoms with van der Waals surface area (Å²) in [7, 11) is 0. The highest BCUT2D eigenvalue weighted by Gasteiger charge is 2.19. The summed E-state index contributed by atoms with van der Waals surface area (Å²) in [6.45, 7) is 1.66. The Hall–Kier alpha value is -1.26. The number of carbonyl (C=O) groups excluding carboxylic acids is 1. The van der Waals surface area contributed by atoms with Gasteiger partial charge in [-0.05, 0) is 46.6 Å². The van der Waals surface area contributed by atoms with Gasteiger partial charge in [0.2, 0.25) is 0 Å². The first-order valence-electron chi connectivity index (χ1n) is 5.36. The van der Waals surface area contributed by atoms with E-state index in [9.17, 15) is 13.6 Å². The fourth-order valence-corrected chi connectivity index (χ4v) is 2.19. The minimum absolute atomic E-state index is 0.0237. The molecule has 0 heterocycles. The molecule has 0 aliphatic heterocycles. The van der Waals surface area contributed by atoms with Gasteiger partial charge in [-0.15, -0.1) is 0 Å². The van der Waals surface area contributed by atoms with Crippen LogP contribution in [0.15, 0.2) is 34.8 Å². The second-order valence-corrected chi connectivity index (χ2v) is 5.25. The van der Waals surface area contributed by atoms with Gasteiger partial charge in [0.05, 0.1) is 10.0 Å². The van der Waals surface area contributed by atoms with Gasteiger partial charge < -0.3 is 0 Å². The van der Waals surface area contributed by atoms with Crippen LogP contribution >= 0.6 is 27.5 Å². The molecule has 0 aromatic heterocycles. The molecule has 0 unspecified atom stereocenters. The molecular weight excluding hydrogens is 338 g/mol. The molecular formula is C14H8BrClF2O. The standard InChI is InChI=1S/C14H8BrClF2O/c1-7-8(3-2-4-11(7)16)14(19)9-5-13(18)10(15)6-12(9)17/h2-6H,1H3. The molecule has 0 radical (unpaired) electrons. The second-order valence-electron chi connectivity index (χ2n) is 3.99. The molecule has 0 bridgehead atoms. The van der Waals surface area contributed by atoms with Gasteiger partial charge in [0.25, 0.3) is 0 Å². The third kappa shape index (κ3) is 2.69. The first-order valence-corrected chi connectivity index (χ1v) is 6.53. The molecule has 0 amide bonds. The van der Waals surface area contributed by atoms with E-state index < -0.39 is 17.4 Å². The lowest BCUT2D eigenvalue weighted by Crippen LogP contribution is -2.07. The highest BCUT2D eigenvalue weighted by Crippen LogP contribution is 2.25. The van der Waals surface area contributed by atoms with Crippen molar-refractivity contribution in [2.24, 2.45) is 0 Å². The average Bonchev–Trinajstić information content (AvgIpc) is 2.36. The lowest BCUT2D eigenvalue weighted by molar-refractivity contribution is 0.103. The van der Waals surface area contributed by atoms with Crippen LogP contribution in [0.5, 0.6) is 0 Å². The van der Waals surface area contributed by atoms with Crippen LogP contribution in [-0.2, 0) is 0 Å².